The van der Waals surface area contributed by atoms with Gasteiger partial charge in [-0.25, -0.2) is 4.98 Å². The summed E-state index contributed by atoms with van der Waals surface area (Å²) in [4.78, 5) is 4.72. The molecule has 1 aromatic carbocycles. The molecular weight excluding hydrogens is 252 g/mol. The van der Waals surface area contributed by atoms with E-state index in [0.717, 1.165) is 29.0 Å². The highest BCUT2D eigenvalue weighted by molar-refractivity contribution is 7.22. The first kappa shape index (κ1) is 12.9. The molecule has 1 aromatic heterocycles. The number of nitrogens with one attached hydrogen (secondary N) is 1. The van der Waals surface area contributed by atoms with Gasteiger partial charge in [-0.05, 0) is 43.2 Å². The van der Waals surface area contributed by atoms with Crippen molar-refractivity contribution in [1.29, 1.82) is 0 Å². The number of nitrogens with zero attached hydrogens (tertiary/aromatic N) is 1. The van der Waals surface area contributed by atoms with Crippen LogP contribution in [-0.2, 0) is 0 Å². The summed E-state index contributed by atoms with van der Waals surface area (Å²) in [6.07, 6.45) is 5.53. The van der Waals surface area contributed by atoms with Crippen LogP contribution in [0, 0.1) is 18.8 Å². The zero-order valence-electron chi connectivity index (χ0n) is 11.8. The highest BCUT2D eigenvalue weighted by Crippen LogP contribution is 2.31. The average molecular weight is 274 g/mol. The van der Waals surface area contributed by atoms with E-state index in [9.17, 15) is 0 Å². The number of thiazole rings is 1. The number of anilines is 1. The normalized spacial score (nSPS) is 23.7. The Morgan fingerprint density at radius 1 is 1.26 bits per heavy atom. The number of hydrogen-bond acceptors (Lipinski definition) is 3. The van der Waals surface area contributed by atoms with Gasteiger partial charge in [-0.3, -0.25) is 0 Å². The van der Waals surface area contributed by atoms with Gasteiger partial charge in [0.15, 0.2) is 5.13 Å². The van der Waals surface area contributed by atoms with Crippen molar-refractivity contribution < 1.29 is 0 Å². The number of benzene rings is 1. The summed E-state index contributed by atoms with van der Waals surface area (Å²) in [5, 5.41) is 4.64. The molecule has 1 N–H and O–H groups in total. The second kappa shape index (κ2) is 5.49. The Hall–Kier alpha value is -1.09. The molecule has 0 aliphatic heterocycles. The van der Waals surface area contributed by atoms with Crippen LogP contribution >= 0.6 is 11.3 Å². The van der Waals surface area contributed by atoms with E-state index in [2.05, 4.69) is 37.4 Å². The van der Waals surface area contributed by atoms with E-state index in [0.29, 0.717) is 0 Å². The first-order valence-electron chi connectivity index (χ1n) is 7.32. The largest absolute Gasteiger partial charge is 0.361 e. The van der Waals surface area contributed by atoms with E-state index >= 15 is 0 Å². The minimum atomic E-state index is 0.837. The summed E-state index contributed by atoms with van der Waals surface area (Å²) in [6, 6.07) is 6.41. The van der Waals surface area contributed by atoms with Crippen molar-refractivity contribution in [2.45, 2.75) is 39.5 Å². The fraction of sp³-hybridized carbons (Fsp3) is 0.562. The molecular formula is C16H22N2S. The highest BCUT2D eigenvalue weighted by atomic mass is 32.1. The summed E-state index contributed by atoms with van der Waals surface area (Å²) in [5.41, 5.74) is 2.43. The van der Waals surface area contributed by atoms with E-state index in [4.69, 9.17) is 4.98 Å². The fourth-order valence-electron chi connectivity index (χ4n) is 2.93. The quantitative estimate of drug-likeness (QED) is 0.866. The second-order valence-corrected chi connectivity index (χ2v) is 6.98. The summed E-state index contributed by atoms with van der Waals surface area (Å²) in [5.74, 6) is 1.77. The Labute approximate surface area is 119 Å². The van der Waals surface area contributed by atoms with Crippen molar-refractivity contribution in [3.05, 3.63) is 23.8 Å². The summed E-state index contributed by atoms with van der Waals surface area (Å²) in [6.45, 7) is 5.60. The van der Waals surface area contributed by atoms with Crippen molar-refractivity contribution in [1.82, 2.24) is 4.98 Å². The predicted molar refractivity (Wildman–Crippen MR) is 84.0 cm³/mol. The third kappa shape index (κ3) is 2.92. The molecule has 0 saturated heterocycles. The molecule has 1 saturated carbocycles. The van der Waals surface area contributed by atoms with Crippen LogP contribution in [-0.4, -0.2) is 11.5 Å². The predicted octanol–water partition coefficient (Wildman–Crippen LogP) is 4.84. The van der Waals surface area contributed by atoms with Crippen LogP contribution in [0.15, 0.2) is 18.2 Å². The number of aromatic nitrogens is 1. The lowest BCUT2D eigenvalue weighted by Gasteiger charge is -2.26. The van der Waals surface area contributed by atoms with E-state index in [1.54, 1.807) is 11.3 Å². The smallest absolute Gasteiger partial charge is 0.183 e. The Balaban J connectivity index is 1.64. The Morgan fingerprint density at radius 2 is 2.05 bits per heavy atom. The SMILES string of the molecule is Cc1cccc2sc(NCC3CCC(C)CC3)nc12. The molecule has 2 nitrogen and oxygen atoms in total. The van der Waals surface area contributed by atoms with Crippen molar-refractivity contribution >= 4 is 26.7 Å². The number of hydrogen-bond donors (Lipinski definition) is 1. The number of aryl methyl sites for hydroxylation is 1. The fourth-order valence-corrected chi connectivity index (χ4v) is 3.88. The lowest BCUT2D eigenvalue weighted by molar-refractivity contribution is 0.300. The van der Waals surface area contributed by atoms with Crippen molar-refractivity contribution in [2.75, 3.05) is 11.9 Å². The van der Waals surface area contributed by atoms with Gasteiger partial charge in [-0.15, -0.1) is 0 Å². The lowest BCUT2D eigenvalue weighted by atomic mass is 9.83. The molecule has 0 amide bonds. The molecule has 102 valence electrons. The van der Waals surface area contributed by atoms with Gasteiger partial charge in [-0.2, -0.15) is 0 Å². The van der Waals surface area contributed by atoms with E-state index in [-0.39, 0.29) is 0 Å². The minimum Gasteiger partial charge on any atom is -0.361 e. The Bertz CT molecular complexity index is 553. The Morgan fingerprint density at radius 3 is 2.79 bits per heavy atom. The molecule has 3 rings (SSSR count). The monoisotopic (exact) mass is 274 g/mol. The molecule has 1 fully saturated rings. The molecule has 0 unspecified atom stereocenters. The van der Waals surface area contributed by atoms with Gasteiger partial charge in [0, 0.05) is 6.54 Å². The summed E-state index contributed by atoms with van der Waals surface area (Å²) >= 11 is 1.78. The number of para-hydroxylation sites is 1. The van der Waals surface area contributed by atoms with Crippen molar-refractivity contribution in [2.24, 2.45) is 11.8 Å². The van der Waals surface area contributed by atoms with E-state index in [1.807, 2.05) is 0 Å². The maximum atomic E-state index is 4.72. The molecule has 0 radical (unpaired) electrons. The first-order valence-corrected chi connectivity index (χ1v) is 8.14. The molecule has 0 atom stereocenters. The van der Waals surface area contributed by atoms with Crippen molar-refractivity contribution in [3.63, 3.8) is 0 Å². The lowest BCUT2D eigenvalue weighted by Crippen LogP contribution is -2.20. The van der Waals surface area contributed by atoms with Crippen LogP contribution in [0.2, 0.25) is 0 Å². The second-order valence-electron chi connectivity index (χ2n) is 5.95. The third-order valence-corrected chi connectivity index (χ3v) is 5.28. The molecule has 0 bridgehead atoms. The molecule has 0 spiro atoms. The van der Waals surface area contributed by atoms with Gasteiger partial charge in [0.2, 0.25) is 0 Å². The zero-order valence-corrected chi connectivity index (χ0v) is 12.6. The van der Waals surface area contributed by atoms with Crippen LogP contribution in [0.3, 0.4) is 0 Å². The van der Waals surface area contributed by atoms with Crippen molar-refractivity contribution in [3.8, 4) is 0 Å². The van der Waals surface area contributed by atoms with Gasteiger partial charge in [-0.1, -0.05) is 43.2 Å². The molecule has 1 heterocycles. The Kier molecular flexibility index (Phi) is 3.74. The van der Waals surface area contributed by atoms with Gasteiger partial charge >= 0.3 is 0 Å². The van der Waals surface area contributed by atoms with Gasteiger partial charge < -0.3 is 5.32 Å². The molecule has 2 aromatic rings. The maximum Gasteiger partial charge on any atom is 0.183 e. The molecule has 3 heteroatoms. The van der Waals surface area contributed by atoms with Crippen LogP contribution < -0.4 is 5.32 Å². The average Bonchev–Trinajstić information content (AvgIpc) is 2.83. The van der Waals surface area contributed by atoms with Crippen LogP contribution in [0.1, 0.15) is 38.2 Å². The van der Waals surface area contributed by atoms with Crippen LogP contribution in [0.25, 0.3) is 10.2 Å². The summed E-state index contributed by atoms with van der Waals surface area (Å²) < 4.78 is 1.29. The summed E-state index contributed by atoms with van der Waals surface area (Å²) in [7, 11) is 0. The van der Waals surface area contributed by atoms with Crippen LogP contribution in [0.4, 0.5) is 5.13 Å². The minimum absolute atomic E-state index is 0.837. The zero-order chi connectivity index (χ0) is 13.2. The van der Waals surface area contributed by atoms with Gasteiger partial charge in [0.1, 0.15) is 0 Å². The molecule has 1 aliphatic rings. The maximum absolute atomic E-state index is 4.72. The molecule has 19 heavy (non-hydrogen) atoms. The van der Waals surface area contributed by atoms with Crippen LogP contribution in [0.5, 0.6) is 0 Å². The highest BCUT2D eigenvalue weighted by Gasteiger charge is 2.18. The molecule has 1 aliphatic carbocycles. The number of fused-ring (bicyclic) bond motifs is 1. The topological polar surface area (TPSA) is 24.9 Å². The van der Waals surface area contributed by atoms with Gasteiger partial charge in [0.05, 0.1) is 10.2 Å². The van der Waals surface area contributed by atoms with E-state index in [1.165, 1.54) is 35.9 Å². The van der Waals surface area contributed by atoms with Gasteiger partial charge in [0.25, 0.3) is 0 Å². The first-order chi connectivity index (χ1) is 9.22. The third-order valence-electron chi connectivity index (χ3n) is 4.30. The number of rotatable bonds is 3. The van der Waals surface area contributed by atoms with E-state index < -0.39 is 0 Å². The standard InChI is InChI=1S/C16H22N2S/c1-11-6-8-13(9-7-11)10-17-16-18-15-12(2)4-3-5-14(15)19-16/h3-5,11,13H,6-10H2,1-2H3,(H,17,18).